The Morgan fingerprint density at radius 2 is 2.22 bits per heavy atom. The van der Waals surface area contributed by atoms with Gasteiger partial charge in [-0.3, -0.25) is 0 Å². The van der Waals surface area contributed by atoms with Gasteiger partial charge < -0.3 is 10.1 Å². The number of halogens is 2. The lowest BCUT2D eigenvalue weighted by molar-refractivity contribution is 0.409. The van der Waals surface area contributed by atoms with Gasteiger partial charge in [-0.15, -0.1) is 11.6 Å². The lowest BCUT2D eigenvalue weighted by atomic mass is 10.0. The molecule has 0 amide bonds. The van der Waals surface area contributed by atoms with Crippen molar-refractivity contribution in [1.82, 2.24) is 5.32 Å². The molecule has 0 aliphatic rings. The van der Waals surface area contributed by atoms with Crippen LogP contribution in [0.15, 0.2) is 18.2 Å². The second-order valence-electron chi connectivity index (χ2n) is 4.34. The van der Waals surface area contributed by atoms with Crippen molar-refractivity contribution in [2.75, 3.05) is 19.5 Å². The maximum absolute atomic E-state index is 13.7. The molecule has 0 saturated heterocycles. The van der Waals surface area contributed by atoms with Crippen molar-refractivity contribution in [3.8, 4) is 5.75 Å². The molecule has 1 aromatic carbocycles. The topological polar surface area (TPSA) is 21.3 Å². The minimum atomic E-state index is -0.229. The van der Waals surface area contributed by atoms with Gasteiger partial charge in [0.1, 0.15) is 11.6 Å². The molecule has 0 heterocycles. The standard InChI is InChI=1S/C14H21ClFNO/c1-3-11(6-7-15)9-17-10-12-4-5-13(18-2)8-14(12)16/h4-5,8,11,17H,3,6-7,9-10H2,1-2H3. The first-order chi connectivity index (χ1) is 8.71. The van der Waals surface area contributed by atoms with E-state index in [4.69, 9.17) is 16.3 Å². The summed E-state index contributed by atoms with van der Waals surface area (Å²) in [7, 11) is 1.53. The zero-order valence-electron chi connectivity index (χ0n) is 11.0. The summed E-state index contributed by atoms with van der Waals surface area (Å²) >= 11 is 5.73. The van der Waals surface area contributed by atoms with Gasteiger partial charge in [-0.25, -0.2) is 4.39 Å². The average molecular weight is 274 g/mol. The van der Waals surface area contributed by atoms with Crippen molar-refractivity contribution in [3.63, 3.8) is 0 Å². The Morgan fingerprint density at radius 3 is 2.78 bits per heavy atom. The molecule has 0 aliphatic carbocycles. The maximum Gasteiger partial charge on any atom is 0.131 e. The molecule has 0 bridgehead atoms. The van der Waals surface area contributed by atoms with E-state index in [-0.39, 0.29) is 5.82 Å². The van der Waals surface area contributed by atoms with E-state index in [0.717, 1.165) is 19.4 Å². The number of alkyl halides is 1. The number of hydrogen-bond donors (Lipinski definition) is 1. The lowest BCUT2D eigenvalue weighted by Gasteiger charge is -2.14. The van der Waals surface area contributed by atoms with Crippen molar-refractivity contribution in [3.05, 3.63) is 29.6 Å². The quantitative estimate of drug-likeness (QED) is 0.731. The van der Waals surface area contributed by atoms with E-state index in [1.807, 2.05) is 0 Å². The van der Waals surface area contributed by atoms with Crippen LogP contribution in [-0.4, -0.2) is 19.5 Å². The summed E-state index contributed by atoms with van der Waals surface area (Å²) in [5.74, 6) is 1.55. The summed E-state index contributed by atoms with van der Waals surface area (Å²) in [5, 5.41) is 3.28. The van der Waals surface area contributed by atoms with E-state index in [1.54, 1.807) is 12.1 Å². The first-order valence-electron chi connectivity index (χ1n) is 6.30. The highest BCUT2D eigenvalue weighted by Crippen LogP contribution is 2.16. The van der Waals surface area contributed by atoms with Crippen LogP contribution in [0.5, 0.6) is 5.75 Å². The van der Waals surface area contributed by atoms with Gasteiger partial charge in [0.05, 0.1) is 7.11 Å². The number of hydrogen-bond acceptors (Lipinski definition) is 2. The second-order valence-corrected chi connectivity index (χ2v) is 4.72. The Balaban J connectivity index is 2.43. The monoisotopic (exact) mass is 273 g/mol. The van der Waals surface area contributed by atoms with Crippen LogP contribution in [-0.2, 0) is 6.54 Å². The SMILES string of the molecule is CCC(CCCl)CNCc1ccc(OC)cc1F. The average Bonchev–Trinajstić information content (AvgIpc) is 2.39. The van der Waals surface area contributed by atoms with E-state index in [2.05, 4.69) is 12.2 Å². The minimum Gasteiger partial charge on any atom is -0.497 e. The van der Waals surface area contributed by atoms with Crippen molar-refractivity contribution in [1.29, 1.82) is 0 Å². The molecule has 0 saturated carbocycles. The summed E-state index contributed by atoms with van der Waals surface area (Å²) < 4.78 is 18.6. The number of methoxy groups -OCH3 is 1. The highest BCUT2D eigenvalue weighted by Gasteiger charge is 2.07. The molecule has 1 N–H and O–H groups in total. The van der Waals surface area contributed by atoms with E-state index < -0.39 is 0 Å². The van der Waals surface area contributed by atoms with Gasteiger partial charge in [0.2, 0.25) is 0 Å². The van der Waals surface area contributed by atoms with Crippen molar-refractivity contribution >= 4 is 11.6 Å². The largest absolute Gasteiger partial charge is 0.497 e. The highest BCUT2D eigenvalue weighted by atomic mass is 35.5. The number of nitrogens with one attached hydrogen (secondary N) is 1. The van der Waals surface area contributed by atoms with E-state index in [0.29, 0.717) is 29.7 Å². The molecular weight excluding hydrogens is 253 g/mol. The van der Waals surface area contributed by atoms with Crippen LogP contribution in [0.2, 0.25) is 0 Å². The molecule has 18 heavy (non-hydrogen) atoms. The van der Waals surface area contributed by atoms with Crippen LogP contribution in [0, 0.1) is 11.7 Å². The molecule has 2 nitrogen and oxygen atoms in total. The molecule has 1 unspecified atom stereocenters. The first-order valence-corrected chi connectivity index (χ1v) is 6.83. The fraction of sp³-hybridized carbons (Fsp3) is 0.571. The van der Waals surface area contributed by atoms with E-state index >= 15 is 0 Å². The van der Waals surface area contributed by atoms with E-state index in [1.165, 1.54) is 13.2 Å². The number of ether oxygens (including phenoxy) is 1. The summed E-state index contributed by atoms with van der Waals surface area (Å²) in [6.45, 7) is 3.55. The van der Waals surface area contributed by atoms with Crippen LogP contribution in [0.25, 0.3) is 0 Å². The predicted molar refractivity (Wildman–Crippen MR) is 73.8 cm³/mol. The molecule has 0 fully saturated rings. The number of rotatable bonds is 8. The molecule has 4 heteroatoms. The third-order valence-electron chi connectivity index (χ3n) is 3.10. The van der Waals surface area contributed by atoms with Crippen molar-refractivity contribution in [2.45, 2.75) is 26.3 Å². The summed E-state index contributed by atoms with van der Waals surface area (Å²) in [4.78, 5) is 0. The summed E-state index contributed by atoms with van der Waals surface area (Å²) in [5.41, 5.74) is 0.663. The third kappa shape index (κ3) is 4.83. The van der Waals surface area contributed by atoms with Crippen LogP contribution in [0.4, 0.5) is 4.39 Å². The van der Waals surface area contributed by atoms with Gasteiger partial charge >= 0.3 is 0 Å². The molecule has 1 atom stereocenters. The van der Waals surface area contributed by atoms with Crippen LogP contribution < -0.4 is 10.1 Å². The normalized spacial score (nSPS) is 12.4. The fourth-order valence-corrected chi connectivity index (χ4v) is 2.12. The molecule has 0 aliphatic heterocycles. The van der Waals surface area contributed by atoms with Crippen LogP contribution in [0.1, 0.15) is 25.3 Å². The summed E-state index contributed by atoms with van der Waals surface area (Å²) in [6, 6.07) is 4.94. The van der Waals surface area contributed by atoms with Gasteiger partial charge in [-0.05, 0) is 24.9 Å². The molecule has 0 spiro atoms. The summed E-state index contributed by atoms with van der Waals surface area (Å²) in [6.07, 6.45) is 2.08. The Kier molecular flexibility index (Phi) is 7.06. The maximum atomic E-state index is 13.7. The molecule has 0 aromatic heterocycles. The second kappa shape index (κ2) is 8.33. The molecule has 102 valence electrons. The third-order valence-corrected chi connectivity index (χ3v) is 3.32. The molecule has 1 aromatic rings. The predicted octanol–water partition coefficient (Wildman–Crippen LogP) is 3.58. The lowest BCUT2D eigenvalue weighted by Crippen LogP contribution is -2.23. The van der Waals surface area contributed by atoms with Crippen LogP contribution >= 0.6 is 11.6 Å². The Hall–Kier alpha value is -0.800. The first kappa shape index (κ1) is 15.3. The Bertz CT molecular complexity index is 360. The molecule has 0 radical (unpaired) electrons. The smallest absolute Gasteiger partial charge is 0.131 e. The zero-order valence-corrected chi connectivity index (χ0v) is 11.8. The van der Waals surface area contributed by atoms with Gasteiger partial charge in [0, 0.05) is 24.1 Å². The highest BCUT2D eigenvalue weighted by molar-refractivity contribution is 6.17. The van der Waals surface area contributed by atoms with Crippen molar-refractivity contribution in [2.24, 2.45) is 5.92 Å². The van der Waals surface area contributed by atoms with Gasteiger partial charge in [-0.1, -0.05) is 19.4 Å². The zero-order chi connectivity index (χ0) is 13.4. The van der Waals surface area contributed by atoms with Crippen LogP contribution in [0.3, 0.4) is 0 Å². The Labute approximate surface area is 113 Å². The van der Waals surface area contributed by atoms with Gasteiger partial charge in [0.25, 0.3) is 0 Å². The minimum absolute atomic E-state index is 0.229. The fourth-order valence-electron chi connectivity index (χ4n) is 1.81. The van der Waals surface area contributed by atoms with Crippen molar-refractivity contribution < 1.29 is 9.13 Å². The van der Waals surface area contributed by atoms with E-state index in [9.17, 15) is 4.39 Å². The molecular formula is C14H21ClFNO. The van der Waals surface area contributed by atoms with Gasteiger partial charge in [-0.2, -0.15) is 0 Å². The Morgan fingerprint density at radius 1 is 1.44 bits per heavy atom. The number of benzene rings is 1. The molecule has 1 rings (SSSR count). The van der Waals surface area contributed by atoms with Gasteiger partial charge in [0.15, 0.2) is 0 Å².